The number of halogens is 1. The Bertz CT molecular complexity index is 1470. The minimum atomic E-state index is -1.29. The molecule has 0 bridgehead atoms. The Morgan fingerprint density at radius 2 is 1.84 bits per heavy atom. The average molecular weight is 530 g/mol. The molecule has 2 atom stereocenters. The number of hydrogen-bond donors (Lipinski definition) is 3. The molecule has 11 nitrogen and oxygen atoms in total. The van der Waals surface area contributed by atoms with E-state index in [0.717, 1.165) is 0 Å². The lowest BCUT2D eigenvalue weighted by Crippen LogP contribution is -2.33. The number of aromatic hydroxyl groups is 1. The van der Waals surface area contributed by atoms with Gasteiger partial charge in [-0.2, -0.15) is 0 Å². The van der Waals surface area contributed by atoms with Crippen molar-refractivity contribution in [1.29, 1.82) is 0 Å². The van der Waals surface area contributed by atoms with Gasteiger partial charge in [-0.3, -0.25) is 9.59 Å². The number of fused-ring (bicyclic) bond motifs is 4. The van der Waals surface area contributed by atoms with E-state index in [-0.39, 0.29) is 35.1 Å². The number of aromatic nitrogens is 1. The number of carbonyl (C=O) groups is 3. The van der Waals surface area contributed by atoms with Crippen LogP contribution in [0.4, 0.5) is 11.4 Å². The number of phenols is 1. The zero-order chi connectivity index (χ0) is 26.6. The Morgan fingerprint density at radius 3 is 2.46 bits per heavy atom. The zero-order valence-corrected chi connectivity index (χ0v) is 21.2. The van der Waals surface area contributed by atoms with E-state index in [0.29, 0.717) is 39.4 Å². The molecule has 1 aromatic heterocycles. The molecule has 3 N–H and O–H groups in total. The van der Waals surface area contributed by atoms with Gasteiger partial charge >= 0.3 is 5.97 Å². The van der Waals surface area contributed by atoms with Crippen molar-refractivity contribution in [1.82, 2.24) is 4.98 Å². The van der Waals surface area contributed by atoms with Crippen LogP contribution in [0.15, 0.2) is 18.2 Å². The maximum absolute atomic E-state index is 13.8. The van der Waals surface area contributed by atoms with Crippen LogP contribution < -0.4 is 24.4 Å². The van der Waals surface area contributed by atoms with Gasteiger partial charge in [0.15, 0.2) is 23.3 Å². The van der Waals surface area contributed by atoms with Crippen LogP contribution >= 0.6 is 11.6 Å². The second-order valence-electron chi connectivity index (χ2n) is 8.60. The number of ether oxygens (including phenoxy) is 4. The summed E-state index contributed by atoms with van der Waals surface area (Å²) in [7, 11) is 5.64. The molecule has 2 aromatic carbocycles. The van der Waals surface area contributed by atoms with E-state index in [1.54, 1.807) is 12.1 Å². The van der Waals surface area contributed by atoms with Gasteiger partial charge in [0.25, 0.3) is 5.91 Å². The molecule has 0 saturated heterocycles. The predicted octanol–water partition coefficient (Wildman–Crippen LogP) is 3.03. The molecule has 3 aromatic rings. The largest absolute Gasteiger partial charge is 0.506 e. The van der Waals surface area contributed by atoms with Gasteiger partial charge in [-0.1, -0.05) is 0 Å². The van der Waals surface area contributed by atoms with E-state index in [1.165, 1.54) is 39.4 Å². The molecule has 0 spiro atoms. The van der Waals surface area contributed by atoms with E-state index < -0.39 is 29.6 Å². The third-order valence-electron chi connectivity index (χ3n) is 6.74. The highest BCUT2D eigenvalue weighted by molar-refractivity contribution is 6.24. The monoisotopic (exact) mass is 529 g/mol. The highest BCUT2D eigenvalue weighted by Gasteiger charge is 2.45. The summed E-state index contributed by atoms with van der Waals surface area (Å²) in [5.41, 5.74) is 1.87. The average Bonchev–Trinajstić information content (AvgIpc) is 3.59. The number of Topliss-reactive ketones (excluding diaryl/α,β-unsaturated/α-hetero) is 1. The SMILES string of the molecule is COC(=O)C1Nc2c(O)cc3c(c2C1=O)[C@H](CCl)CN3C(=O)c1cc2cc(OC)c(OC)c(OC)c2[nH]1. The molecular weight excluding hydrogens is 506 g/mol. The van der Waals surface area contributed by atoms with Crippen LogP contribution in [-0.4, -0.2) is 74.7 Å². The van der Waals surface area contributed by atoms with Crippen LogP contribution in [0.25, 0.3) is 10.9 Å². The molecule has 2 aliphatic rings. The molecule has 0 fully saturated rings. The number of benzene rings is 2. The van der Waals surface area contributed by atoms with E-state index in [9.17, 15) is 19.5 Å². The summed E-state index contributed by atoms with van der Waals surface area (Å²) in [5, 5.41) is 14.1. The minimum absolute atomic E-state index is 0.110. The highest BCUT2D eigenvalue weighted by atomic mass is 35.5. The Balaban J connectivity index is 1.61. The molecule has 3 heterocycles. The number of carbonyl (C=O) groups excluding carboxylic acids is 3. The van der Waals surface area contributed by atoms with Crippen molar-refractivity contribution in [2.75, 3.05) is 51.1 Å². The fourth-order valence-electron chi connectivity index (χ4n) is 5.08. The maximum atomic E-state index is 13.8. The number of anilines is 2. The number of H-pyrrole nitrogens is 1. The molecule has 1 amide bonds. The summed E-state index contributed by atoms with van der Waals surface area (Å²) >= 11 is 6.26. The first kappa shape index (κ1) is 24.6. The number of aromatic amines is 1. The molecule has 0 aliphatic carbocycles. The predicted molar refractivity (Wildman–Crippen MR) is 135 cm³/mol. The minimum Gasteiger partial charge on any atom is -0.506 e. The van der Waals surface area contributed by atoms with Gasteiger partial charge in [0, 0.05) is 29.8 Å². The number of amides is 1. The molecule has 0 radical (unpaired) electrons. The van der Waals surface area contributed by atoms with Crippen LogP contribution in [0.5, 0.6) is 23.0 Å². The van der Waals surface area contributed by atoms with Gasteiger partial charge < -0.3 is 39.3 Å². The molecule has 2 aliphatic heterocycles. The van der Waals surface area contributed by atoms with E-state index in [4.69, 9.17) is 30.5 Å². The van der Waals surface area contributed by atoms with Gasteiger partial charge in [0.05, 0.1) is 50.9 Å². The summed E-state index contributed by atoms with van der Waals surface area (Å²) < 4.78 is 21.1. The number of rotatable bonds is 6. The van der Waals surface area contributed by atoms with Crippen LogP contribution in [0.1, 0.15) is 32.3 Å². The molecule has 0 saturated carbocycles. The van der Waals surface area contributed by atoms with Crippen molar-refractivity contribution in [3.8, 4) is 23.0 Å². The number of esters is 1. The molecule has 194 valence electrons. The lowest BCUT2D eigenvalue weighted by atomic mass is 9.93. The summed E-state index contributed by atoms with van der Waals surface area (Å²) in [4.78, 5) is 43.6. The van der Waals surface area contributed by atoms with Gasteiger partial charge in [-0.15, -0.1) is 11.6 Å². The molecule has 1 unspecified atom stereocenters. The zero-order valence-electron chi connectivity index (χ0n) is 20.4. The van der Waals surface area contributed by atoms with Crippen molar-refractivity contribution >= 4 is 51.5 Å². The standard InChI is InChI=1S/C25H24ClN3O8/c1-34-15-6-10-5-12(27-18(10)23(36-3)22(15)35-2)24(32)29-9-11(8-26)16-13(29)7-14(30)19-17(16)21(31)20(28-19)25(33)37-4/h5-7,11,20,27-28,30H,8-9H2,1-4H3/t11-,20?/m1/s1. The Hall–Kier alpha value is -4.12. The summed E-state index contributed by atoms with van der Waals surface area (Å²) in [6.07, 6.45) is 0. The van der Waals surface area contributed by atoms with E-state index >= 15 is 0 Å². The van der Waals surface area contributed by atoms with Crippen molar-refractivity contribution in [2.45, 2.75) is 12.0 Å². The number of nitrogens with zero attached hydrogens (tertiary/aromatic N) is 1. The topological polar surface area (TPSA) is 139 Å². The molecular formula is C25H24ClN3O8. The van der Waals surface area contributed by atoms with Crippen LogP contribution in [0.3, 0.4) is 0 Å². The highest BCUT2D eigenvalue weighted by Crippen LogP contribution is 2.50. The van der Waals surface area contributed by atoms with E-state index in [1.807, 2.05) is 0 Å². The Morgan fingerprint density at radius 1 is 1.11 bits per heavy atom. The van der Waals surface area contributed by atoms with Gasteiger partial charge in [0.2, 0.25) is 5.75 Å². The van der Waals surface area contributed by atoms with Gasteiger partial charge in [-0.25, -0.2) is 4.79 Å². The Labute approximate surface area is 216 Å². The summed E-state index contributed by atoms with van der Waals surface area (Å²) in [6.45, 7) is 0.170. The van der Waals surface area contributed by atoms with Crippen molar-refractivity contribution < 1.29 is 38.4 Å². The molecule has 5 rings (SSSR count). The number of hydrogen-bond acceptors (Lipinski definition) is 9. The van der Waals surface area contributed by atoms with Crippen LogP contribution in [-0.2, 0) is 9.53 Å². The maximum Gasteiger partial charge on any atom is 0.336 e. The van der Waals surface area contributed by atoms with E-state index in [2.05, 4.69) is 10.3 Å². The number of alkyl halides is 1. The third kappa shape index (κ3) is 3.52. The van der Waals surface area contributed by atoms with Crippen LogP contribution in [0, 0.1) is 0 Å². The lowest BCUT2D eigenvalue weighted by Gasteiger charge is -2.17. The number of nitrogens with one attached hydrogen (secondary N) is 2. The first-order valence-electron chi connectivity index (χ1n) is 11.3. The second-order valence-corrected chi connectivity index (χ2v) is 8.91. The normalized spacial score (nSPS) is 17.9. The third-order valence-corrected chi connectivity index (χ3v) is 7.12. The lowest BCUT2D eigenvalue weighted by molar-refractivity contribution is -0.140. The van der Waals surface area contributed by atoms with Gasteiger partial charge in [0.1, 0.15) is 11.4 Å². The molecule has 12 heteroatoms. The van der Waals surface area contributed by atoms with Crippen molar-refractivity contribution in [3.63, 3.8) is 0 Å². The second kappa shape index (κ2) is 9.07. The van der Waals surface area contributed by atoms with Crippen molar-refractivity contribution in [3.05, 3.63) is 35.0 Å². The van der Waals surface area contributed by atoms with Gasteiger partial charge in [-0.05, 0) is 17.7 Å². The number of methoxy groups -OCH3 is 4. The summed E-state index contributed by atoms with van der Waals surface area (Å²) in [5.74, 6) is -1.12. The first-order valence-corrected chi connectivity index (χ1v) is 11.8. The Kier molecular flexibility index (Phi) is 6.03. The van der Waals surface area contributed by atoms with Crippen LogP contribution in [0.2, 0.25) is 0 Å². The number of ketones is 1. The first-order chi connectivity index (χ1) is 17.8. The molecule has 37 heavy (non-hydrogen) atoms. The smallest absolute Gasteiger partial charge is 0.336 e. The van der Waals surface area contributed by atoms with Crippen molar-refractivity contribution in [2.24, 2.45) is 0 Å². The summed E-state index contributed by atoms with van der Waals surface area (Å²) in [6, 6.07) is 3.49. The fourth-order valence-corrected chi connectivity index (χ4v) is 5.33. The quantitative estimate of drug-likeness (QED) is 0.190. The number of phenolic OH excluding ortho intramolecular Hbond substituents is 1. The fraction of sp³-hybridized carbons (Fsp3) is 0.320.